The van der Waals surface area contributed by atoms with Gasteiger partial charge in [-0.2, -0.15) is 11.8 Å². The molecule has 104 valence electrons. The molecular formula is C11H20N2O2S3. The molecule has 0 radical (unpaired) electrons. The third-order valence-corrected chi connectivity index (χ3v) is 6.52. The topological polar surface area (TPSA) is 49.4 Å². The van der Waals surface area contributed by atoms with Crippen LogP contribution >= 0.6 is 24.0 Å². The van der Waals surface area contributed by atoms with Crippen molar-refractivity contribution in [2.75, 3.05) is 24.3 Å². The first-order valence-electron chi connectivity index (χ1n) is 6.32. The number of thioether (sulfide) groups is 1. The van der Waals surface area contributed by atoms with Crippen LogP contribution in [0.2, 0.25) is 0 Å². The van der Waals surface area contributed by atoms with Gasteiger partial charge in [0.05, 0.1) is 0 Å². The quantitative estimate of drug-likeness (QED) is 0.774. The van der Waals surface area contributed by atoms with Crippen LogP contribution in [0.15, 0.2) is 0 Å². The number of thiocarbonyl (C=S) groups is 1. The van der Waals surface area contributed by atoms with E-state index in [0.29, 0.717) is 16.9 Å². The highest BCUT2D eigenvalue weighted by molar-refractivity contribution is 8.00. The lowest BCUT2D eigenvalue weighted by Crippen LogP contribution is -2.54. The van der Waals surface area contributed by atoms with Crippen molar-refractivity contribution in [2.24, 2.45) is 0 Å². The Morgan fingerprint density at radius 1 is 1.39 bits per heavy atom. The van der Waals surface area contributed by atoms with Crippen molar-refractivity contribution in [1.82, 2.24) is 10.2 Å². The van der Waals surface area contributed by atoms with Crippen LogP contribution < -0.4 is 5.32 Å². The van der Waals surface area contributed by atoms with Gasteiger partial charge in [0, 0.05) is 30.3 Å². The van der Waals surface area contributed by atoms with Crippen LogP contribution in [0.5, 0.6) is 0 Å². The zero-order valence-corrected chi connectivity index (χ0v) is 13.0. The second-order valence-electron chi connectivity index (χ2n) is 4.98. The molecule has 1 aliphatic heterocycles. The average Bonchev–Trinajstić information content (AvgIpc) is 2.80. The van der Waals surface area contributed by atoms with Crippen LogP contribution in [0.4, 0.5) is 0 Å². The fourth-order valence-corrected chi connectivity index (χ4v) is 5.77. The zero-order chi connectivity index (χ0) is 13.2. The Balaban J connectivity index is 2.01. The van der Waals surface area contributed by atoms with E-state index in [2.05, 4.69) is 5.32 Å². The molecule has 0 aromatic rings. The number of sulfone groups is 1. The van der Waals surface area contributed by atoms with E-state index in [1.165, 1.54) is 19.1 Å². The van der Waals surface area contributed by atoms with Gasteiger partial charge >= 0.3 is 0 Å². The van der Waals surface area contributed by atoms with Gasteiger partial charge in [0.1, 0.15) is 5.37 Å². The lowest BCUT2D eigenvalue weighted by atomic mass is 10.2. The highest BCUT2D eigenvalue weighted by atomic mass is 32.2. The van der Waals surface area contributed by atoms with Crippen molar-refractivity contribution in [3.63, 3.8) is 0 Å². The molecule has 1 N–H and O–H groups in total. The van der Waals surface area contributed by atoms with Crippen LogP contribution in [-0.2, 0) is 9.84 Å². The minimum Gasteiger partial charge on any atom is -0.360 e. The molecule has 2 aliphatic rings. The van der Waals surface area contributed by atoms with E-state index in [4.69, 9.17) is 12.2 Å². The summed E-state index contributed by atoms with van der Waals surface area (Å²) in [6.07, 6.45) is 6.07. The predicted octanol–water partition coefficient (Wildman–Crippen LogP) is 1.22. The number of nitrogens with zero attached hydrogens (tertiary/aromatic N) is 1. The molecule has 1 atom stereocenters. The fourth-order valence-electron chi connectivity index (χ4n) is 2.50. The van der Waals surface area contributed by atoms with Gasteiger partial charge in [-0.3, -0.25) is 0 Å². The monoisotopic (exact) mass is 308 g/mol. The van der Waals surface area contributed by atoms with Crippen LogP contribution in [0.3, 0.4) is 0 Å². The highest BCUT2D eigenvalue weighted by Crippen LogP contribution is 2.22. The van der Waals surface area contributed by atoms with Gasteiger partial charge in [0.2, 0.25) is 0 Å². The molecule has 2 rings (SSSR count). The minimum atomic E-state index is -3.08. The Morgan fingerprint density at radius 3 is 2.67 bits per heavy atom. The summed E-state index contributed by atoms with van der Waals surface area (Å²) in [5.41, 5.74) is 0. The average molecular weight is 308 g/mol. The molecule has 18 heavy (non-hydrogen) atoms. The van der Waals surface area contributed by atoms with Gasteiger partial charge in [-0.15, -0.1) is 0 Å². The molecule has 0 bridgehead atoms. The normalized spacial score (nSPS) is 26.3. The van der Waals surface area contributed by atoms with Gasteiger partial charge in [-0.25, -0.2) is 8.42 Å². The second kappa shape index (κ2) is 5.96. The highest BCUT2D eigenvalue weighted by Gasteiger charge is 2.33. The Morgan fingerprint density at radius 2 is 2.06 bits per heavy atom. The summed E-state index contributed by atoms with van der Waals surface area (Å²) >= 11 is 7.08. The van der Waals surface area contributed by atoms with E-state index in [0.717, 1.165) is 25.1 Å². The molecule has 0 aromatic carbocycles. The number of hydrogen-bond donors (Lipinski definition) is 1. The smallest absolute Gasteiger partial charge is 0.170 e. The Labute approximate surface area is 119 Å². The largest absolute Gasteiger partial charge is 0.360 e. The molecule has 1 heterocycles. The van der Waals surface area contributed by atoms with E-state index in [1.807, 2.05) is 4.90 Å². The molecule has 0 spiro atoms. The SMILES string of the molecule is CS(=O)(=O)C1CSCCN1C(=S)NC1CCCC1. The Bertz CT molecular complexity index is 405. The Kier molecular flexibility index (Phi) is 4.77. The summed E-state index contributed by atoms with van der Waals surface area (Å²) in [6, 6.07) is 0.437. The lowest BCUT2D eigenvalue weighted by molar-refractivity contribution is 0.396. The molecule has 1 unspecified atom stereocenters. The number of nitrogens with one attached hydrogen (secondary N) is 1. The first-order valence-corrected chi connectivity index (χ1v) is 9.84. The van der Waals surface area contributed by atoms with E-state index >= 15 is 0 Å². The maximum atomic E-state index is 11.8. The third-order valence-electron chi connectivity index (χ3n) is 3.52. The summed E-state index contributed by atoms with van der Waals surface area (Å²) in [4.78, 5) is 1.86. The van der Waals surface area contributed by atoms with E-state index in [9.17, 15) is 8.42 Å². The molecule has 1 saturated heterocycles. The molecule has 1 aliphatic carbocycles. The van der Waals surface area contributed by atoms with Gasteiger partial charge in [-0.05, 0) is 25.1 Å². The maximum absolute atomic E-state index is 11.8. The summed E-state index contributed by atoms with van der Waals surface area (Å²) in [5, 5.41) is 3.50. The molecule has 2 fully saturated rings. The molecule has 4 nitrogen and oxygen atoms in total. The lowest BCUT2D eigenvalue weighted by Gasteiger charge is -2.36. The zero-order valence-electron chi connectivity index (χ0n) is 10.6. The first kappa shape index (κ1) is 14.4. The van der Waals surface area contributed by atoms with Gasteiger partial charge in [0.25, 0.3) is 0 Å². The van der Waals surface area contributed by atoms with E-state index < -0.39 is 15.2 Å². The van der Waals surface area contributed by atoms with Crippen LogP contribution in [0.1, 0.15) is 25.7 Å². The van der Waals surface area contributed by atoms with Crippen molar-refractivity contribution in [3.8, 4) is 0 Å². The first-order chi connectivity index (χ1) is 8.48. The fraction of sp³-hybridized carbons (Fsp3) is 0.909. The van der Waals surface area contributed by atoms with Crippen molar-refractivity contribution in [2.45, 2.75) is 37.1 Å². The molecule has 0 amide bonds. The van der Waals surface area contributed by atoms with Crippen molar-refractivity contribution in [3.05, 3.63) is 0 Å². The summed E-state index contributed by atoms with van der Waals surface area (Å²) < 4.78 is 23.6. The Hall–Kier alpha value is -0.0100. The predicted molar refractivity (Wildman–Crippen MR) is 80.7 cm³/mol. The number of rotatable bonds is 2. The standard InChI is InChI=1S/C11H20N2O2S3/c1-18(14,15)10-8-17-7-6-13(10)11(16)12-9-4-2-3-5-9/h9-10H,2-8H2,1H3,(H,12,16). The van der Waals surface area contributed by atoms with Gasteiger partial charge in [0.15, 0.2) is 14.9 Å². The van der Waals surface area contributed by atoms with Crippen molar-refractivity contribution < 1.29 is 8.42 Å². The van der Waals surface area contributed by atoms with Crippen LogP contribution in [-0.4, -0.2) is 54.2 Å². The van der Waals surface area contributed by atoms with Crippen molar-refractivity contribution >= 4 is 38.9 Å². The minimum absolute atomic E-state index is 0.437. The van der Waals surface area contributed by atoms with Gasteiger partial charge < -0.3 is 10.2 Å². The summed E-state index contributed by atoms with van der Waals surface area (Å²) in [6.45, 7) is 0.723. The van der Waals surface area contributed by atoms with Gasteiger partial charge in [-0.1, -0.05) is 12.8 Å². The maximum Gasteiger partial charge on any atom is 0.170 e. The number of hydrogen-bond acceptors (Lipinski definition) is 4. The van der Waals surface area contributed by atoms with Crippen LogP contribution in [0, 0.1) is 0 Å². The van der Waals surface area contributed by atoms with E-state index in [-0.39, 0.29) is 0 Å². The summed E-state index contributed by atoms with van der Waals surface area (Å²) in [5.74, 6) is 1.56. The molecular weight excluding hydrogens is 288 g/mol. The van der Waals surface area contributed by atoms with Crippen LogP contribution in [0.25, 0.3) is 0 Å². The molecule has 1 saturated carbocycles. The third kappa shape index (κ3) is 3.51. The van der Waals surface area contributed by atoms with E-state index in [1.54, 1.807) is 11.8 Å². The molecule has 7 heteroatoms. The second-order valence-corrected chi connectivity index (χ2v) is 8.72. The van der Waals surface area contributed by atoms with Crippen molar-refractivity contribution in [1.29, 1.82) is 0 Å². The summed E-state index contributed by atoms with van der Waals surface area (Å²) in [7, 11) is -3.08. The molecule has 0 aromatic heterocycles.